The van der Waals surface area contributed by atoms with Gasteiger partial charge in [0.2, 0.25) is 6.10 Å². The van der Waals surface area contributed by atoms with Crippen LogP contribution in [0.1, 0.15) is 12.0 Å². The smallest absolute Gasteiger partial charge is 0.264 e. The maximum Gasteiger partial charge on any atom is 0.264 e. The number of amides is 1. The van der Waals surface area contributed by atoms with Crippen molar-refractivity contribution in [3.05, 3.63) is 48.3 Å². The molecular formula is C13H13FN2O2. The molecule has 0 spiro atoms. The van der Waals surface area contributed by atoms with Crippen molar-refractivity contribution in [3.8, 4) is 0 Å². The van der Waals surface area contributed by atoms with Crippen LogP contribution in [0.25, 0.3) is 0 Å². The van der Waals surface area contributed by atoms with Gasteiger partial charge in [0.15, 0.2) is 0 Å². The number of carbonyl (C=O) groups excluding carboxylic acids is 1. The highest BCUT2D eigenvalue weighted by atomic mass is 19.1. The van der Waals surface area contributed by atoms with E-state index in [2.05, 4.69) is 17.1 Å². The molecule has 0 unspecified atom stereocenters. The summed E-state index contributed by atoms with van der Waals surface area (Å²) in [6, 6.07) is 6.28. The molecule has 1 aromatic carbocycles. The number of rotatable bonds is 4. The summed E-state index contributed by atoms with van der Waals surface area (Å²) in [6.07, 6.45) is 1.15. The molecule has 1 aliphatic heterocycles. The number of nitrogens with one attached hydrogen (secondary N) is 1. The van der Waals surface area contributed by atoms with Crippen molar-refractivity contribution >= 4 is 11.6 Å². The highest BCUT2D eigenvalue weighted by Crippen LogP contribution is 2.18. The van der Waals surface area contributed by atoms with E-state index < -0.39 is 6.10 Å². The van der Waals surface area contributed by atoms with Gasteiger partial charge >= 0.3 is 0 Å². The van der Waals surface area contributed by atoms with Crippen LogP contribution in [-0.4, -0.2) is 24.3 Å². The second kappa shape index (κ2) is 5.44. The zero-order valence-electron chi connectivity index (χ0n) is 9.73. The second-order valence-corrected chi connectivity index (χ2v) is 3.85. The normalized spacial score (nSPS) is 17.8. The van der Waals surface area contributed by atoms with E-state index in [1.165, 1.54) is 6.07 Å². The summed E-state index contributed by atoms with van der Waals surface area (Å²) < 4.78 is 13.5. The van der Waals surface area contributed by atoms with Gasteiger partial charge in [-0.1, -0.05) is 29.4 Å². The van der Waals surface area contributed by atoms with E-state index in [1.807, 2.05) is 0 Å². The third kappa shape index (κ3) is 2.56. The SMILES string of the molecule is C=CCNC(=O)[C@@H]1CC(c2ccccc2F)=NO1. The van der Waals surface area contributed by atoms with Gasteiger partial charge in [0.1, 0.15) is 5.82 Å². The minimum atomic E-state index is -0.695. The van der Waals surface area contributed by atoms with Gasteiger partial charge in [0.05, 0.1) is 5.71 Å². The zero-order valence-corrected chi connectivity index (χ0v) is 9.73. The number of halogens is 1. The highest BCUT2D eigenvalue weighted by Gasteiger charge is 2.29. The van der Waals surface area contributed by atoms with Gasteiger partial charge in [-0.25, -0.2) is 4.39 Å². The first kappa shape index (κ1) is 12.3. The molecule has 0 radical (unpaired) electrons. The lowest BCUT2D eigenvalue weighted by Crippen LogP contribution is -2.34. The molecular weight excluding hydrogens is 235 g/mol. The second-order valence-electron chi connectivity index (χ2n) is 3.85. The van der Waals surface area contributed by atoms with Gasteiger partial charge in [0.25, 0.3) is 5.91 Å². The summed E-state index contributed by atoms with van der Waals surface area (Å²) in [4.78, 5) is 16.6. The zero-order chi connectivity index (χ0) is 13.0. The van der Waals surface area contributed by atoms with Gasteiger partial charge in [-0.05, 0) is 6.07 Å². The number of oxime groups is 1. The van der Waals surface area contributed by atoms with Crippen molar-refractivity contribution in [2.24, 2.45) is 5.16 Å². The number of hydrogen-bond donors (Lipinski definition) is 1. The largest absolute Gasteiger partial charge is 0.382 e. The highest BCUT2D eigenvalue weighted by molar-refractivity contribution is 6.04. The standard InChI is InChI=1S/C13H13FN2O2/c1-2-7-15-13(17)12-8-11(16-18-12)9-5-3-4-6-10(9)14/h2-6,12H,1,7-8H2,(H,15,17)/t12-/m0/s1. The van der Waals surface area contributed by atoms with E-state index in [0.717, 1.165) is 0 Å². The van der Waals surface area contributed by atoms with E-state index in [9.17, 15) is 9.18 Å². The molecule has 0 saturated heterocycles. The Labute approximate surface area is 104 Å². The number of benzene rings is 1. The minimum absolute atomic E-state index is 0.268. The quantitative estimate of drug-likeness (QED) is 0.823. The molecule has 18 heavy (non-hydrogen) atoms. The third-order valence-corrected chi connectivity index (χ3v) is 2.57. The summed E-state index contributed by atoms with van der Waals surface area (Å²) in [7, 11) is 0. The van der Waals surface area contributed by atoms with Crippen LogP contribution < -0.4 is 5.32 Å². The van der Waals surface area contributed by atoms with Crippen LogP contribution in [0.4, 0.5) is 4.39 Å². The van der Waals surface area contributed by atoms with E-state index in [-0.39, 0.29) is 18.1 Å². The van der Waals surface area contributed by atoms with E-state index >= 15 is 0 Å². The fourth-order valence-corrected chi connectivity index (χ4v) is 1.66. The molecule has 4 nitrogen and oxygen atoms in total. The van der Waals surface area contributed by atoms with Gasteiger partial charge in [-0.15, -0.1) is 6.58 Å². The Bertz CT molecular complexity index is 500. The van der Waals surface area contributed by atoms with Gasteiger partial charge in [-0.2, -0.15) is 0 Å². The van der Waals surface area contributed by atoms with Crippen LogP contribution >= 0.6 is 0 Å². The predicted octanol–water partition coefficient (Wildman–Crippen LogP) is 1.62. The van der Waals surface area contributed by atoms with Gasteiger partial charge in [-0.3, -0.25) is 4.79 Å². The first-order valence-corrected chi connectivity index (χ1v) is 5.58. The number of hydrogen-bond acceptors (Lipinski definition) is 3. The van der Waals surface area contributed by atoms with Crippen molar-refractivity contribution in [2.75, 3.05) is 6.54 Å². The summed E-state index contributed by atoms with van der Waals surface area (Å²) in [5.74, 6) is -0.642. The average Bonchev–Trinajstić information content (AvgIpc) is 2.86. The lowest BCUT2D eigenvalue weighted by Gasteiger charge is -2.07. The Kier molecular flexibility index (Phi) is 3.72. The first-order valence-electron chi connectivity index (χ1n) is 5.58. The van der Waals surface area contributed by atoms with Crippen LogP contribution in [0.15, 0.2) is 42.1 Å². The van der Waals surface area contributed by atoms with Crippen molar-refractivity contribution in [2.45, 2.75) is 12.5 Å². The first-order chi connectivity index (χ1) is 8.72. The molecule has 0 fully saturated rings. The molecule has 5 heteroatoms. The number of nitrogens with zero attached hydrogens (tertiary/aromatic N) is 1. The Morgan fingerprint density at radius 1 is 1.61 bits per heavy atom. The topological polar surface area (TPSA) is 50.7 Å². The van der Waals surface area contributed by atoms with Gasteiger partial charge < -0.3 is 10.2 Å². The molecule has 94 valence electrons. The van der Waals surface area contributed by atoms with Crippen LogP contribution in [0.2, 0.25) is 0 Å². The predicted molar refractivity (Wildman–Crippen MR) is 65.6 cm³/mol. The average molecular weight is 248 g/mol. The Hall–Kier alpha value is -2.17. The minimum Gasteiger partial charge on any atom is -0.382 e. The number of carbonyl (C=O) groups is 1. The summed E-state index contributed by atoms with van der Waals surface area (Å²) in [6.45, 7) is 3.87. The fourth-order valence-electron chi connectivity index (χ4n) is 1.66. The van der Waals surface area contributed by atoms with Crippen LogP contribution in [0.3, 0.4) is 0 Å². The Morgan fingerprint density at radius 3 is 3.11 bits per heavy atom. The van der Waals surface area contributed by atoms with Crippen LogP contribution in [0.5, 0.6) is 0 Å². The maximum atomic E-state index is 13.5. The monoisotopic (exact) mass is 248 g/mol. The summed E-state index contributed by atoms with van der Waals surface area (Å²) in [5.41, 5.74) is 0.823. The molecule has 0 saturated carbocycles. The molecule has 0 aromatic heterocycles. The van der Waals surface area contributed by atoms with Gasteiger partial charge in [0, 0.05) is 18.5 Å². The van der Waals surface area contributed by atoms with Crippen molar-refractivity contribution in [1.29, 1.82) is 0 Å². The lowest BCUT2D eigenvalue weighted by atomic mass is 10.0. The summed E-state index contributed by atoms with van der Waals surface area (Å²) >= 11 is 0. The van der Waals surface area contributed by atoms with Crippen LogP contribution in [0, 0.1) is 5.82 Å². The molecule has 1 aromatic rings. The molecule has 1 amide bonds. The molecule has 2 rings (SSSR count). The fraction of sp³-hybridized carbons (Fsp3) is 0.231. The molecule has 1 atom stereocenters. The van der Waals surface area contributed by atoms with E-state index in [0.29, 0.717) is 17.8 Å². The van der Waals surface area contributed by atoms with Crippen molar-refractivity contribution in [3.63, 3.8) is 0 Å². The van der Waals surface area contributed by atoms with E-state index in [4.69, 9.17) is 4.84 Å². The molecule has 1 heterocycles. The summed E-state index contributed by atoms with van der Waals surface area (Å²) in [5, 5.41) is 6.38. The molecule has 1 aliphatic rings. The molecule has 1 N–H and O–H groups in total. The van der Waals surface area contributed by atoms with Crippen molar-refractivity contribution < 1.29 is 14.0 Å². The Morgan fingerprint density at radius 2 is 2.39 bits per heavy atom. The lowest BCUT2D eigenvalue weighted by molar-refractivity contribution is -0.130. The van der Waals surface area contributed by atoms with Crippen LogP contribution in [-0.2, 0) is 9.63 Å². The molecule has 0 aliphatic carbocycles. The Balaban J connectivity index is 2.02. The third-order valence-electron chi connectivity index (χ3n) is 2.57. The van der Waals surface area contributed by atoms with E-state index in [1.54, 1.807) is 24.3 Å². The molecule has 0 bridgehead atoms. The van der Waals surface area contributed by atoms with Crippen molar-refractivity contribution in [1.82, 2.24) is 5.32 Å². The maximum absolute atomic E-state index is 13.5.